The second-order valence-corrected chi connectivity index (χ2v) is 9.39. The number of halogens is 1. The van der Waals surface area contributed by atoms with Crippen molar-refractivity contribution in [2.75, 3.05) is 19.7 Å². The normalized spacial score (nSPS) is 14.4. The molecule has 0 aliphatic carbocycles. The van der Waals surface area contributed by atoms with Crippen LogP contribution in [0, 0.1) is 0 Å². The predicted molar refractivity (Wildman–Crippen MR) is 136 cm³/mol. The van der Waals surface area contributed by atoms with Crippen molar-refractivity contribution in [2.24, 2.45) is 7.05 Å². The van der Waals surface area contributed by atoms with Crippen molar-refractivity contribution >= 4 is 22.8 Å². The van der Waals surface area contributed by atoms with Crippen LogP contribution in [0.15, 0.2) is 35.3 Å². The predicted octanol–water partition coefficient (Wildman–Crippen LogP) is 2.70. The first kappa shape index (κ1) is 26.3. The first-order valence-corrected chi connectivity index (χ1v) is 12.4. The number of amides is 2. The fourth-order valence-corrected chi connectivity index (χ4v) is 4.68. The van der Waals surface area contributed by atoms with Crippen molar-refractivity contribution in [1.82, 2.24) is 24.3 Å². The molecule has 1 fully saturated rings. The quantitative estimate of drug-likeness (QED) is 0.496. The Hall–Kier alpha value is -3.73. The molecule has 198 valence electrons. The van der Waals surface area contributed by atoms with E-state index in [1.54, 1.807) is 29.9 Å². The molecule has 0 saturated carbocycles. The van der Waals surface area contributed by atoms with Crippen LogP contribution < -0.4 is 15.6 Å². The molecule has 37 heavy (non-hydrogen) atoms. The smallest absolute Gasteiger partial charge is 0.272 e. The number of aryl methyl sites for hydroxylation is 2. The summed E-state index contributed by atoms with van der Waals surface area (Å²) in [6.07, 6.45) is 3.16. The highest BCUT2D eigenvalue weighted by atomic mass is 19.3. The zero-order valence-electron chi connectivity index (χ0n) is 21.5. The van der Waals surface area contributed by atoms with Crippen molar-refractivity contribution in [3.63, 3.8) is 0 Å². The number of hydrogen-bond donors (Lipinski definition) is 1. The third-order valence-electron chi connectivity index (χ3n) is 6.55. The summed E-state index contributed by atoms with van der Waals surface area (Å²) in [7, 11) is 1.79. The van der Waals surface area contributed by atoms with E-state index < -0.39 is 12.5 Å². The van der Waals surface area contributed by atoms with Gasteiger partial charge in [0.25, 0.3) is 17.4 Å². The van der Waals surface area contributed by atoms with Crippen LogP contribution in [-0.4, -0.2) is 62.7 Å². The molecule has 3 aromatic rings. The number of piperidine rings is 1. The summed E-state index contributed by atoms with van der Waals surface area (Å²) in [5, 5.41) is 3.06. The van der Waals surface area contributed by atoms with Crippen LogP contribution in [0.5, 0.6) is 5.75 Å². The Balaban J connectivity index is 1.70. The van der Waals surface area contributed by atoms with E-state index in [1.165, 1.54) is 15.5 Å². The van der Waals surface area contributed by atoms with Crippen LogP contribution >= 0.6 is 0 Å². The van der Waals surface area contributed by atoms with E-state index in [-0.39, 0.29) is 23.6 Å². The van der Waals surface area contributed by atoms with Crippen LogP contribution in [0.1, 0.15) is 49.7 Å². The Labute approximate surface area is 213 Å². The second-order valence-electron chi connectivity index (χ2n) is 9.39. The molecule has 3 aromatic heterocycles. The molecule has 0 bridgehead atoms. The largest absolute Gasteiger partial charge is 0.486 e. The summed E-state index contributed by atoms with van der Waals surface area (Å²) in [5.41, 5.74) is 2.21. The molecule has 1 saturated heterocycles. The molecule has 0 aromatic carbocycles. The molecule has 10 nitrogen and oxygen atoms in total. The van der Waals surface area contributed by atoms with E-state index in [1.807, 2.05) is 26.8 Å². The molecular formula is C26H32FN5O5. The molecule has 0 unspecified atom stereocenters. The summed E-state index contributed by atoms with van der Waals surface area (Å²) in [4.78, 5) is 47.8. The highest BCUT2D eigenvalue weighted by molar-refractivity contribution is 6.03. The molecule has 2 amide bonds. The van der Waals surface area contributed by atoms with Gasteiger partial charge in [-0.2, -0.15) is 4.94 Å². The van der Waals surface area contributed by atoms with E-state index in [0.29, 0.717) is 55.1 Å². The van der Waals surface area contributed by atoms with E-state index in [2.05, 4.69) is 10.3 Å². The minimum atomic E-state index is -0.604. The molecular weight excluding hydrogens is 481 g/mol. The number of carbonyl (C=O) groups excluding carboxylic acids is 2. The van der Waals surface area contributed by atoms with Gasteiger partial charge in [-0.1, -0.05) is 13.0 Å². The average Bonchev–Trinajstić information content (AvgIpc) is 3.14. The lowest BCUT2D eigenvalue weighted by molar-refractivity contribution is -0.165. The number of ether oxygens (including phenoxy) is 1. The highest BCUT2D eigenvalue weighted by Gasteiger charge is 2.29. The number of likely N-dealkylation sites (tertiary alicyclic amines) is 1. The maximum Gasteiger partial charge on any atom is 0.272 e. The summed E-state index contributed by atoms with van der Waals surface area (Å²) < 4.78 is 21.4. The lowest BCUT2D eigenvalue weighted by atomic mass is 10.0. The summed E-state index contributed by atoms with van der Waals surface area (Å²) >= 11 is 0. The Bertz CT molecular complexity index is 1360. The molecule has 0 atom stereocenters. The van der Waals surface area contributed by atoms with Gasteiger partial charge in [-0.05, 0) is 55.3 Å². The van der Waals surface area contributed by atoms with Gasteiger partial charge < -0.3 is 19.5 Å². The first-order valence-electron chi connectivity index (χ1n) is 12.4. The lowest BCUT2D eigenvalue weighted by Crippen LogP contribution is -2.47. The van der Waals surface area contributed by atoms with Crippen molar-refractivity contribution < 1.29 is 23.8 Å². The van der Waals surface area contributed by atoms with Crippen LogP contribution in [0.2, 0.25) is 0 Å². The van der Waals surface area contributed by atoms with Gasteiger partial charge in [0.05, 0.1) is 11.6 Å². The maximum absolute atomic E-state index is 13.5. The van der Waals surface area contributed by atoms with E-state index in [9.17, 15) is 18.9 Å². The van der Waals surface area contributed by atoms with Gasteiger partial charge in [0.1, 0.15) is 11.3 Å². The van der Waals surface area contributed by atoms with E-state index in [4.69, 9.17) is 9.72 Å². The number of hydrogen-bond acceptors (Lipinski definition) is 6. The van der Waals surface area contributed by atoms with Crippen molar-refractivity contribution in [1.29, 1.82) is 0 Å². The van der Waals surface area contributed by atoms with Gasteiger partial charge in [-0.25, -0.2) is 4.98 Å². The fourth-order valence-electron chi connectivity index (χ4n) is 4.68. The second kappa shape index (κ2) is 11.1. The maximum atomic E-state index is 13.5. The molecule has 4 heterocycles. The highest BCUT2D eigenvalue weighted by Crippen LogP contribution is 2.34. The Morgan fingerprint density at radius 2 is 1.97 bits per heavy atom. The van der Waals surface area contributed by atoms with Crippen molar-refractivity contribution in [3.8, 4) is 11.6 Å². The minimum Gasteiger partial charge on any atom is -0.486 e. The number of carbonyl (C=O) groups is 2. The zero-order valence-corrected chi connectivity index (χ0v) is 21.5. The average molecular weight is 514 g/mol. The molecule has 0 spiro atoms. The van der Waals surface area contributed by atoms with E-state index >= 15 is 0 Å². The Morgan fingerprint density at radius 1 is 1.24 bits per heavy atom. The SMILES string of the molecule is CCc1cc2c(nc1-n1ccccc1=O)c(OC(C)C)c(C(=O)NC1CCN(C(=O)COF)CC1)n2C. The minimum absolute atomic E-state index is 0.162. The molecule has 4 rings (SSSR count). The topological polar surface area (TPSA) is 108 Å². The Morgan fingerprint density at radius 3 is 2.59 bits per heavy atom. The first-order chi connectivity index (χ1) is 17.7. The third-order valence-corrected chi connectivity index (χ3v) is 6.55. The van der Waals surface area contributed by atoms with Gasteiger partial charge in [-0.15, -0.1) is 0 Å². The van der Waals surface area contributed by atoms with Gasteiger partial charge in [0.15, 0.2) is 18.1 Å². The third kappa shape index (κ3) is 5.36. The molecule has 1 aliphatic heterocycles. The summed E-state index contributed by atoms with van der Waals surface area (Å²) in [5.74, 6) is 0.121. The molecule has 0 radical (unpaired) electrons. The van der Waals surface area contributed by atoms with Crippen LogP contribution in [0.4, 0.5) is 4.53 Å². The standard InChI is InChI=1S/C26H32FN5O5/c1-5-17-14-19-22(29-25(17)32-11-7-6-8-20(32)33)24(37-16(2)3)23(30(19)4)26(35)28-18-9-12-31(13-10-18)21(34)15-36-27/h6-8,11,14,16,18H,5,9-10,12-13,15H2,1-4H3,(H,28,35). The van der Waals surface area contributed by atoms with Crippen molar-refractivity contribution in [2.45, 2.75) is 52.2 Å². The number of nitrogens with zero attached hydrogens (tertiary/aromatic N) is 4. The number of aromatic nitrogens is 3. The number of pyridine rings is 2. The van der Waals surface area contributed by atoms with Gasteiger partial charge in [0.2, 0.25) is 0 Å². The fraction of sp³-hybridized carbons (Fsp3) is 0.462. The van der Waals surface area contributed by atoms with Gasteiger partial charge in [0, 0.05) is 38.4 Å². The molecule has 1 N–H and O–H groups in total. The molecule has 11 heteroatoms. The van der Waals surface area contributed by atoms with Gasteiger partial charge in [-0.3, -0.25) is 19.0 Å². The monoisotopic (exact) mass is 513 g/mol. The number of fused-ring (bicyclic) bond motifs is 1. The lowest BCUT2D eigenvalue weighted by Gasteiger charge is -2.32. The van der Waals surface area contributed by atoms with Crippen LogP contribution in [0.25, 0.3) is 16.9 Å². The Kier molecular flexibility index (Phi) is 7.91. The number of nitrogens with one attached hydrogen (secondary N) is 1. The van der Waals surface area contributed by atoms with Crippen LogP contribution in [-0.2, 0) is 23.2 Å². The van der Waals surface area contributed by atoms with Crippen LogP contribution in [0.3, 0.4) is 0 Å². The summed E-state index contributed by atoms with van der Waals surface area (Å²) in [6, 6.07) is 6.70. The summed E-state index contributed by atoms with van der Waals surface area (Å²) in [6.45, 7) is 5.92. The van der Waals surface area contributed by atoms with E-state index in [0.717, 1.165) is 11.1 Å². The van der Waals surface area contributed by atoms with Crippen molar-refractivity contribution in [3.05, 3.63) is 52.1 Å². The number of rotatable bonds is 8. The zero-order chi connectivity index (χ0) is 26.7. The van der Waals surface area contributed by atoms with Gasteiger partial charge >= 0.3 is 0 Å². The molecule has 1 aliphatic rings.